The SMILES string of the molecule is O=C(Nc1ccc(F)cc1Cl)c1cccc(CCl)c1. The van der Waals surface area contributed by atoms with Gasteiger partial charge in [0.2, 0.25) is 0 Å². The average Bonchev–Trinajstić information content (AvgIpc) is 2.42. The number of anilines is 1. The van der Waals surface area contributed by atoms with E-state index >= 15 is 0 Å². The first kappa shape index (κ1) is 13.8. The van der Waals surface area contributed by atoms with E-state index < -0.39 is 5.82 Å². The first-order chi connectivity index (χ1) is 9.10. The fourth-order valence-corrected chi connectivity index (χ4v) is 1.96. The van der Waals surface area contributed by atoms with E-state index in [1.165, 1.54) is 12.1 Å². The highest BCUT2D eigenvalue weighted by Crippen LogP contribution is 2.23. The fraction of sp³-hybridized carbons (Fsp3) is 0.0714. The van der Waals surface area contributed by atoms with Gasteiger partial charge in [0.15, 0.2) is 0 Å². The van der Waals surface area contributed by atoms with Crippen LogP contribution < -0.4 is 5.32 Å². The Morgan fingerprint density at radius 3 is 2.68 bits per heavy atom. The third kappa shape index (κ3) is 3.46. The molecule has 98 valence electrons. The molecule has 0 fully saturated rings. The molecule has 0 heterocycles. The molecule has 0 bridgehead atoms. The van der Waals surface area contributed by atoms with Gasteiger partial charge in [0.25, 0.3) is 5.91 Å². The molecule has 0 aromatic heterocycles. The summed E-state index contributed by atoms with van der Waals surface area (Å²) in [5.41, 5.74) is 1.68. The van der Waals surface area contributed by atoms with Crippen molar-refractivity contribution in [1.29, 1.82) is 0 Å². The monoisotopic (exact) mass is 297 g/mol. The number of hydrogen-bond acceptors (Lipinski definition) is 1. The number of carbonyl (C=O) groups excluding carboxylic acids is 1. The van der Waals surface area contributed by atoms with Gasteiger partial charge in [-0.2, -0.15) is 0 Å². The highest BCUT2D eigenvalue weighted by Gasteiger charge is 2.09. The van der Waals surface area contributed by atoms with Gasteiger partial charge in [-0.25, -0.2) is 4.39 Å². The van der Waals surface area contributed by atoms with Gasteiger partial charge in [-0.15, -0.1) is 11.6 Å². The Hall–Kier alpha value is -1.58. The number of benzene rings is 2. The predicted molar refractivity (Wildman–Crippen MR) is 75.4 cm³/mol. The number of nitrogens with one attached hydrogen (secondary N) is 1. The lowest BCUT2D eigenvalue weighted by molar-refractivity contribution is 0.102. The lowest BCUT2D eigenvalue weighted by Crippen LogP contribution is -2.12. The lowest BCUT2D eigenvalue weighted by Gasteiger charge is -2.08. The molecule has 2 nitrogen and oxygen atoms in total. The van der Waals surface area contributed by atoms with Crippen LogP contribution in [0.1, 0.15) is 15.9 Å². The summed E-state index contributed by atoms with van der Waals surface area (Å²) in [7, 11) is 0. The van der Waals surface area contributed by atoms with E-state index in [1.54, 1.807) is 18.2 Å². The van der Waals surface area contributed by atoms with Crippen molar-refractivity contribution in [3.8, 4) is 0 Å². The second-order valence-electron chi connectivity index (χ2n) is 3.91. The van der Waals surface area contributed by atoms with E-state index in [2.05, 4.69) is 5.32 Å². The Balaban J connectivity index is 2.20. The quantitative estimate of drug-likeness (QED) is 0.832. The minimum absolute atomic E-state index is 0.154. The van der Waals surface area contributed by atoms with Gasteiger partial charge in [0, 0.05) is 11.4 Å². The maximum Gasteiger partial charge on any atom is 0.255 e. The molecule has 2 aromatic rings. The van der Waals surface area contributed by atoms with E-state index in [1.807, 2.05) is 6.07 Å². The zero-order valence-electron chi connectivity index (χ0n) is 9.79. The zero-order chi connectivity index (χ0) is 13.8. The molecule has 19 heavy (non-hydrogen) atoms. The summed E-state index contributed by atoms with van der Waals surface area (Å²) in [5, 5.41) is 2.78. The minimum atomic E-state index is -0.452. The van der Waals surface area contributed by atoms with Crippen LogP contribution in [0.5, 0.6) is 0 Å². The number of rotatable bonds is 3. The Labute approximate surface area is 120 Å². The van der Waals surface area contributed by atoms with Gasteiger partial charge in [-0.3, -0.25) is 4.79 Å². The van der Waals surface area contributed by atoms with Crippen molar-refractivity contribution in [1.82, 2.24) is 0 Å². The molecule has 0 aliphatic rings. The van der Waals surface area contributed by atoms with Crippen molar-refractivity contribution in [2.45, 2.75) is 5.88 Å². The van der Waals surface area contributed by atoms with E-state index in [0.29, 0.717) is 17.1 Å². The summed E-state index contributed by atoms with van der Waals surface area (Å²) in [6.45, 7) is 0. The van der Waals surface area contributed by atoms with Crippen LogP contribution in [0.15, 0.2) is 42.5 Å². The van der Waals surface area contributed by atoms with Gasteiger partial charge >= 0.3 is 0 Å². The predicted octanol–water partition coefficient (Wildman–Crippen LogP) is 4.47. The zero-order valence-corrected chi connectivity index (χ0v) is 11.3. The van der Waals surface area contributed by atoms with Crippen molar-refractivity contribution in [2.75, 3.05) is 5.32 Å². The van der Waals surface area contributed by atoms with E-state index in [4.69, 9.17) is 23.2 Å². The number of amides is 1. The van der Waals surface area contributed by atoms with E-state index in [-0.39, 0.29) is 10.9 Å². The molecule has 0 saturated heterocycles. The van der Waals surface area contributed by atoms with E-state index in [9.17, 15) is 9.18 Å². The van der Waals surface area contributed by atoms with Gasteiger partial charge in [-0.05, 0) is 35.9 Å². The fourth-order valence-electron chi connectivity index (χ4n) is 1.58. The number of alkyl halides is 1. The summed E-state index contributed by atoms with van der Waals surface area (Å²) in [5.74, 6) is -0.439. The molecule has 0 unspecified atom stereocenters. The van der Waals surface area contributed by atoms with Gasteiger partial charge in [-0.1, -0.05) is 23.7 Å². The molecule has 2 aromatic carbocycles. The van der Waals surface area contributed by atoms with Crippen LogP contribution >= 0.6 is 23.2 Å². The highest BCUT2D eigenvalue weighted by atomic mass is 35.5. The second kappa shape index (κ2) is 6.04. The normalized spacial score (nSPS) is 10.3. The topological polar surface area (TPSA) is 29.1 Å². The lowest BCUT2D eigenvalue weighted by atomic mass is 10.1. The molecule has 0 aliphatic carbocycles. The summed E-state index contributed by atoms with van der Waals surface area (Å²) < 4.78 is 12.9. The van der Waals surface area contributed by atoms with Gasteiger partial charge in [0.1, 0.15) is 5.82 Å². The van der Waals surface area contributed by atoms with E-state index in [0.717, 1.165) is 11.6 Å². The molecule has 0 radical (unpaired) electrons. The summed E-state index contributed by atoms with van der Waals surface area (Å²) in [6.07, 6.45) is 0. The second-order valence-corrected chi connectivity index (χ2v) is 4.59. The molecular formula is C14H10Cl2FNO. The highest BCUT2D eigenvalue weighted by molar-refractivity contribution is 6.33. The van der Waals surface area contributed by atoms with Crippen molar-refractivity contribution < 1.29 is 9.18 Å². The van der Waals surface area contributed by atoms with Crippen LogP contribution in [0, 0.1) is 5.82 Å². The maximum atomic E-state index is 12.9. The molecule has 0 atom stereocenters. The minimum Gasteiger partial charge on any atom is -0.321 e. The molecule has 0 aliphatic heterocycles. The average molecular weight is 298 g/mol. The molecule has 1 N–H and O–H groups in total. The number of halogens is 3. The number of carbonyl (C=O) groups is 1. The molecule has 0 saturated carbocycles. The van der Waals surface area contributed by atoms with Crippen LogP contribution in [0.25, 0.3) is 0 Å². The first-order valence-electron chi connectivity index (χ1n) is 5.51. The smallest absolute Gasteiger partial charge is 0.255 e. The van der Waals surface area contributed by atoms with Crippen molar-refractivity contribution in [2.24, 2.45) is 0 Å². The third-order valence-electron chi connectivity index (χ3n) is 2.52. The van der Waals surface area contributed by atoms with Crippen LogP contribution in [-0.2, 0) is 5.88 Å². The first-order valence-corrected chi connectivity index (χ1v) is 6.42. The van der Waals surface area contributed by atoms with Crippen molar-refractivity contribution in [3.05, 3.63) is 64.4 Å². The van der Waals surface area contributed by atoms with Gasteiger partial charge in [0.05, 0.1) is 10.7 Å². The third-order valence-corrected chi connectivity index (χ3v) is 3.14. The Bertz CT molecular complexity index is 616. The van der Waals surface area contributed by atoms with Crippen LogP contribution in [0.3, 0.4) is 0 Å². The molecule has 1 amide bonds. The molecular weight excluding hydrogens is 288 g/mol. The van der Waals surface area contributed by atoms with Crippen molar-refractivity contribution in [3.63, 3.8) is 0 Å². The molecule has 2 rings (SSSR count). The Morgan fingerprint density at radius 2 is 2.00 bits per heavy atom. The molecule has 0 spiro atoms. The van der Waals surface area contributed by atoms with Crippen LogP contribution in [0.2, 0.25) is 5.02 Å². The number of hydrogen-bond donors (Lipinski definition) is 1. The standard InChI is InChI=1S/C14H10Cl2FNO/c15-8-9-2-1-3-10(6-9)14(19)18-13-5-4-11(17)7-12(13)16/h1-7H,8H2,(H,18,19). The van der Waals surface area contributed by atoms with Crippen LogP contribution in [0.4, 0.5) is 10.1 Å². The molecule has 5 heteroatoms. The maximum absolute atomic E-state index is 12.9. The van der Waals surface area contributed by atoms with Crippen LogP contribution in [-0.4, -0.2) is 5.91 Å². The largest absolute Gasteiger partial charge is 0.321 e. The summed E-state index contributed by atoms with van der Waals surface area (Å²) in [4.78, 5) is 12.0. The van der Waals surface area contributed by atoms with Gasteiger partial charge < -0.3 is 5.32 Å². The Kier molecular flexibility index (Phi) is 4.40. The Morgan fingerprint density at radius 1 is 1.21 bits per heavy atom. The van der Waals surface area contributed by atoms with Crippen molar-refractivity contribution >= 4 is 34.8 Å². The summed E-state index contributed by atoms with van der Waals surface area (Å²) >= 11 is 11.6. The summed E-state index contributed by atoms with van der Waals surface area (Å²) in [6, 6.07) is 10.7.